The Hall–Kier alpha value is -1.55. The predicted octanol–water partition coefficient (Wildman–Crippen LogP) is 3.40. The zero-order valence-corrected chi connectivity index (χ0v) is 11.8. The molecule has 0 saturated carbocycles. The molecular weight excluding hydrogens is 292 g/mol. The monoisotopic (exact) mass is 304 g/mol. The summed E-state index contributed by atoms with van der Waals surface area (Å²) in [5.41, 5.74) is 0.841. The third-order valence-corrected chi connectivity index (χ3v) is 3.62. The van der Waals surface area contributed by atoms with Gasteiger partial charge >= 0.3 is 0 Å². The summed E-state index contributed by atoms with van der Waals surface area (Å²) in [7, 11) is 0. The normalized spacial score (nSPS) is 11.3. The molecule has 0 atom stereocenters. The lowest BCUT2D eigenvalue weighted by Gasteiger charge is -2.24. The highest BCUT2D eigenvalue weighted by atomic mass is 79.9. The van der Waals surface area contributed by atoms with Crippen LogP contribution < -0.4 is 0 Å². The standard InChI is InChI=1S/C14H13BrN2O/c1-14(2,11-9-17-7-5-12(11)15)13(18)10-4-3-6-16-8-10/h3-9H,1-2H3. The van der Waals surface area contributed by atoms with Crippen LogP contribution in [0.2, 0.25) is 0 Å². The highest BCUT2D eigenvalue weighted by Gasteiger charge is 2.32. The second kappa shape index (κ2) is 4.98. The maximum absolute atomic E-state index is 12.5. The van der Waals surface area contributed by atoms with Gasteiger partial charge in [0.05, 0.1) is 5.41 Å². The van der Waals surface area contributed by atoms with Crippen LogP contribution in [-0.2, 0) is 5.41 Å². The van der Waals surface area contributed by atoms with Crippen molar-refractivity contribution in [2.24, 2.45) is 0 Å². The first kappa shape index (κ1) is 12.9. The summed E-state index contributed by atoms with van der Waals surface area (Å²) < 4.78 is 0.889. The van der Waals surface area contributed by atoms with Crippen LogP contribution in [0.1, 0.15) is 29.8 Å². The minimum absolute atomic E-state index is 0.0318. The fourth-order valence-electron chi connectivity index (χ4n) is 1.82. The average molecular weight is 305 g/mol. The fraction of sp³-hybridized carbons (Fsp3) is 0.214. The molecule has 4 heteroatoms. The van der Waals surface area contributed by atoms with E-state index in [4.69, 9.17) is 0 Å². The predicted molar refractivity (Wildman–Crippen MR) is 73.5 cm³/mol. The van der Waals surface area contributed by atoms with Crippen LogP contribution in [0.4, 0.5) is 0 Å². The van der Waals surface area contributed by atoms with Crippen molar-refractivity contribution in [1.29, 1.82) is 0 Å². The van der Waals surface area contributed by atoms with Gasteiger partial charge in [0.25, 0.3) is 0 Å². The van der Waals surface area contributed by atoms with E-state index in [1.807, 2.05) is 19.9 Å². The maximum atomic E-state index is 12.5. The highest BCUT2D eigenvalue weighted by Crippen LogP contribution is 2.32. The quantitative estimate of drug-likeness (QED) is 0.816. The van der Waals surface area contributed by atoms with E-state index in [9.17, 15) is 4.79 Å². The number of ketones is 1. The van der Waals surface area contributed by atoms with Crippen LogP contribution in [0.25, 0.3) is 0 Å². The Morgan fingerprint density at radius 1 is 1.17 bits per heavy atom. The molecule has 2 rings (SSSR count). The van der Waals surface area contributed by atoms with E-state index >= 15 is 0 Å². The van der Waals surface area contributed by atoms with E-state index in [1.54, 1.807) is 36.9 Å². The number of hydrogen-bond acceptors (Lipinski definition) is 3. The lowest BCUT2D eigenvalue weighted by molar-refractivity contribution is 0.0907. The topological polar surface area (TPSA) is 42.9 Å². The lowest BCUT2D eigenvalue weighted by Crippen LogP contribution is -2.29. The number of pyridine rings is 2. The second-order valence-corrected chi connectivity index (χ2v) is 5.41. The molecule has 2 heterocycles. The number of carbonyl (C=O) groups is 1. The van der Waals surface area contributed by atoms with Gasteiger partial charge in [-0.25, -0.2) is 0 Å². The van der Waals surface area contributed by atoms with Gasteiger partial charge in [-0.3, -0.25) is 14.8 Å². The molecule has 0 saturated heterocycles. The minimum atomic E-state index is -0.643. The molecule has 3 nitrogen and oxygen atoms in total. The molecule has 0 N–H and O–H groups in total. The molecule has 2 aromatic heterocycles. The third-order valence-electron chi connectivity index (χ3n) is 2.93. The molecule has 0 radical (unpaired) electrons. The van der Waals surface area contributed by atoms with Crippen molar-refractivity contribution in [2.75, 3.05) is 0 Å². The zero-order valence-electron chi connectivity index (χ0n) is 10.2. The van der Waals surface area contributed by atoms with Gasteiger partial charge in [0, 0.05) is 34.8 Å². The molecule has 0 aliphatic heterocycles. The average Bonchev–Trinajstić information content (AvgIpc) is 2.39. The van der Waals surface area contributed by atoms with Crippen LogP contribution in [0.3, 0.4) is 0 Å². The van der Waals surface area contributed by atoms with Gasteiger partial charge < -0.3 is 0 Å². The van der Waals surface area contributed by atoms with E-state index in [0.29, 0.717) is 5.56 Å². The molecule has 18 heavy (non-hydrogen) atoms. The number of Topliss-reactive ketones (excluding diaryl/α,β-unsaturated/α-hetero) is 1. The van der Waals surface area contributed by atoms with Gasteiger partial charge in [0.15, 0.2) is 5.78 Å². The Morgan fingerprint density at radius 2 is 1.89 bits per heavy atom. The van der Waals surface area contributed by atoms with E-state index in [-0.39, 0.29) is 5.78 Å². The molecule has 2 aromatic rings. The molecule has 0 unspecified atom stereocenters. The van der Waals surface area contributed by atoms with E-state index in [0.717, 1.165) is 10.0 Å². The first-order valence-electron chi connectivity index (χ1n) is 5.58. The Bertz CT molecular complexity index is 567. The van der Waals surface area contributed by atoms with E-state index in [2.05, 4.69) is 25.9 Å². The van der Waals surface area contributed by atoms with Gasteiger partial charge in [0.2, 0.25) is 0 Å². The SMILES string of the molecule is CC(C)(C(=O)c1cccnc1)c1cnccc1Br. The Kier molecular flexibility index (Phi) is 3.57. The summed E-state index contributed by atoms with van der Waals surface area (Å²) in [6.07, 6.45) is 6.66. The number of hydrogen-bond donors (Lipinski definition) is 0. The third kappa shape index (κ3) is 2.34. The molecule has 0 spiro atoms. The molecule has 0 bridgehead atoms. The lowest BCUT2D eigenvalue weighted by atomic mass is 9.79. The van der Waals surface area contributed by atoms with Crippen LogP contribution in [0, 0.1) is 0 Å². The van der Waals surface area contributed by atoms with Crippen LogP contribution in [0.5, 0.6) is 0 Å². The van der Waals surface area contributed by atoms with Gasteiger partial charge in [-0.1, -0.05) is 15.9 Å². The van der Waals surface area contributed by atoms with Crippen molar-refractivity contribution in [3.05, 3.63) is 58.6 Å². The zero-order chi connectivity index (χ0) is 13.2. The van der Waals surface area contributed by atoms with Gasteiger partial charge in [-0.2, -0.15) is 0 Å². The summed E-state index contributed by atoms with van der Waals surface area (Å²) in [5.74, 6) is 0.0318. The number of halogens is 1. The van der Waals surface area contributed by atoms with Crippen LogP contribution >= 0.6 is 15.9 Å². The molecule has 0 amide bonds. The van der Waals surface area contributed by atoms with Gasteiger partial charge in [-0.05, 0) is 37.6 Å². The van der Waals surface area contributed by atoms with Gasteiger partial charge in [0.1, 0.15) is 0 Å². The molecule has 92 valence electrons. The Labute approximate surface area is 114 Å². The molecule has 0 aliphatic carbocycles. The Balaban J connectivity index is 2.44. The van der Waals surface area contributed by atoms with E-state index in [1.165, 1.54) is 0 Å². The molecule has 0 fully saturated rings. The first-order chi connectivity index (χ1) is 8.53. The molecule has 0 aliphatic rings. The van der Waals surface area contributed by atoms with Crippen molar-refractivity contribution in [3.63, 3.8) is 0 Å². The minimum Gasteiger partial charge on any atom is -0.293 e. The summed E-state index contributed by atoms with van der Waals surface area (Å²) >= 11 is 3.47. The number of aromatic nitrogens is 2. The summed E-state index contributed by atoms with van der Waals surface area (Å²) in [6.45, 7) is 3.79. The molecular formula is C14H13BrN2O. The second-order valence-electron chi connectivity index (χ2n) is 4.55. The van der Waals surface area contributed by atoms with Crippen molar-refractivity contribution in [3.8, 4) is 0 Å². The van der Waals surface area contributed by atoms with Crippen molar-refractivity contribution >= 4 is 21.7 Å². The van der Waals surface area contributed by atoms with Crippen molar-refractivity contribution < 1.29 is 4.79 Å². The number of nitrogens with zero attached hydrogens (tertiary/aromatic N) is 2. The Morgan fingerprint density at radius 3 is 2.50 bits per heavy atom. The van der Waals surface area contributed by atoms with Crippen molar-refractivity contribution in [2.45, 2.75) is 19.3 Å². The highest BCUT2D eigenvalue weighted by molar-refractivity contribution is 9.10. The maximum Gasteiger partial charge on any atom is 0.174 e. The number of rotatable bonds is 3. The van der Waals surface area contributed by atoms with Crippen LogP contribution in [0.15, 0.2) is 47.5 Å². The van der Waals surface area contributed by atoms with Crippen LogP contribution in [-0.4, -0.2) is 15.8 Å². The van der Waals surface area contributed by atoms with E-state index < -0.39 is 5.41 Å². The fourth-order valence-corrected chi connectivity index (χ4v) is 2.53. The summed E-state index contributed by atoms with van der Waals surface area (Å²) in [5, 5.41) is 0. The number of carbonyl (C=O) groups excluding carboxylic acids is 1. The smallest absolute Gasteiger partial charge is 0.174 e. The van der Waals surface area contributed by atoms with Gasteiger partial charge in [-0.15, -0.1) is 0 Å². The summed E-state index contributed by atoms with van der Waals surface area (Å²) in [4.78, 5) is 20.6. The summed E-state index contributed by atoms with van der Waals surface area (Å²) in [6, 6.07) is 5.39. The largest absolute Gasteiger partial charge is 0.293 e. The molecule has 0 aromatic carbocycles. The first-order valence-corrected chi connectivity index (χ1v) is 6.37. The van der Waals surface area contributed by atoms with Crippen molar-refractivity contribution in [1.82, 2.24) is 9.97 Å².